The Morgan fingerprint density at radius 3 is 2.20 bits per heavy atom. The summed E-state index contributed by atoms with van der Waals surface area (Å²) in [4.78, 5) is 18.5. The molecule has 2 aliphatic rings. The van der Waals surface area contributed by atoms with Gasteiger partial charge in [-0.15, -0.1) is 0 Å². The van der Waals surface area contributed by atoms with Crippen molar-refractivity contribution in [3.05, 3.63) is 18.0 Å². The summed E-state index contributed by atoms with van der Waals surface area (Å²) in [7, 11) is 6.18. The molecule has 2 aliphatic heterocycles. The van der Waals surface area contributed by atoms with Crippen molar-refractivity contribution in [2.45, 2.75) is 32.4 Å². The van der Waals surface area contributed by atoms with Gasteiger partial charge in [0.15, 0.2) is 0 Å². The Labute approximate surface area is 152 Å². The number of hydrogen-bond acceptors (Lipinski definition) is 6. The summed E-state index contributed by atoms with van der Waals surface area (Å²) in [5.41, 5.74) is 1.22. The molecule has 0 bridgehead atoms. The van der Waals surface area contributed by atoms with Gasteiger partial charge < -0.3 is 9.80 Å². The summed E-state index contributed by atoms with van der Waals surface area (Å²) < 4.78 is 0. The third-order valence-electron chi connectivity index (χ3n) is 5.93. The predicted molar refractivity (Wildman–Crippen MR) is 103 cm³/mol. The fourth-order valence-corrected chi connectivity index (χ4v) is 4.04. The smallest absolute Gasteiger partial charge is 0.224 e. The lowest BCUT2D eigenvalue weighted by Gasteiger charge is -2.42. The van der Waals surface area contributed by atoms with Gasteiger partial charge in [0.25, 0.3) is 0 Å². The third kappa shape index (κ3) is 4.90. The van der Waals surface area contributed by atoms with Gasteiger partial charge in [-0.25, -0.2) is 9.97 Å². The first-order valence-electron chi connectivity index (χ1n) is 9.66. The number of piperidine rings is 1. The van der Waals surface area contributed by atoms with Crippen LogP contribution in [0.3, 0.4) is 0 Å². The molecule has 0 aromatic carbocycles. The van der Waals surface area contributed by atoms with Crippen molar-refractivity contribution >= 4 is 5.95 Å². The normalized spacial score (nSPS) is 22.9. The van der Waals surface area contributed by atoms with Gasteiger partial charge in [-0.1, -0.05) is 0 Å². The Balaban J connectivity index is 1.45. The maximum atomic E-state index is 4.43. The molecule has 1 aromatic rings. The molecule has 0 radical (unpaired) electrons. The third-order valence-corrected chi connectivity index (χ3v) is 5.93. The average Bonchev–Trinajstić information content (AvgIpc) is 2.63. The Bertz CT molecular complexity index is 515. The lowest BCUT2D eigenvalue weighted by molar-refractivity contribution is 0.0598. The van der Waals surface area contributed by atoms with Gasteiger partial charge in [-0.2, -0.15) is 0 Å². The number of likely N-dealkylation sites (tertiary alicyclic amines) is 1. The molecule has 0 spiro atoms. The first kappa shape index (κ1) is 18.5. The maximum Gasteiger partial charge on any atom is 0.224 e. The van der Waals surface area contributed by atoms with E-state index in [0.717, 1.165) is 24.5 Å². The van der Waals surface area contributed by atoms with E-state index < -0.39 is 0 Å². The van der Waals surface area contributed by atoms with E-state index in [1.54, 1.807) is 0 Å². The van der Waals surface area contributed by atoms with E-state index in [2.05, 4.69) is 38.6 Å². The Morgan fingerprint density at radius 2 is 1.64 bits per heavy atom. The average molecular weight is 347 g/mol. The van der Waals surface area contributed by atoms with Crippen molar-refractivity contribution in [1.82, 2.24) is 24.7 Å². The molecular weight excluding hydrogens is 312 g/mol. The van der Waals surface area contributed by atoms with Crippen molar-refractivity contribution in [3.8, 4) is 0 Å². The molecule has 0 amide bonds. The number of nitrogens with zero attached hydrogens (tertiary/aromatic N) is 6. The number of aromatic nitrogens is 2. The Hall–Kier alpha value is -1.24. The molecule has 25 heavy (non-hydrogen) atoms. The maximum absolute atomic E-state index is 4.43. The van der Waals surface area contributed by atoms with Gasteiger partial charge in [0.2, 0.25) is 5.95 Å². The van der Waals surface area contributed by atoms with Gasteiger partial charge >= 0.3 is 0 Å². The topological polar surface area (TPSA) is 38.7 Å². The number of rotatable bonds is 5. The molecule has 6 nitrogen and oxygen atoms in total. The Kier molecular flexibility index (Phi) is 6.25. The molecule has 0 saturated carbocycles. The zero-order valence-electron chi connectivity index (χ0n) is 16.4. The van der Waals surface area contributed by atoms with Crippen LogP contribution in [0.15, 0.2) is 12.4 Å². The first-order chi connectivity index (χ1) is 12.0. The molecule has 1 atom stereocenters. The monoisotopic (exact) mass is 346 g/mol. The van der Waals surface area contributed by atoms with Gasteiger partial charge in [-0.3, -0.25) is 9.80 Å². The fraction of sp³-hybridized carbons (Fsp3) is 0.789. The highest BCUT2D eigenvalue weighted by molar-refractivity contribution is 5.26. The van der Waals surface area contributed by atoms with E-state index in [1.165, 1.54) is 57.7 Å². The molecule has 0 unspecified atom stereocenters. The predicted octanol–water partition coefficient (Wildman–Crippen LogP) is 1.39. The minimum Gasteiger partial charge on any atom is -0.347 e. The zero-order valence-corrected chi connectivity index (χ0v) is 16.4. The number of hydrogen-bond donors (Lipinski definition) is 0. The highest BCUT2D eigenvalue weighted by Gasteiger charge is 2.29. The second-order valence-corrected chi connectivity index (χ2v) is 7.98. The summed E-state index contributed by atoms with van der Waals surface area (Å²) in [6, 6.07) is 0.721. The molecule has 2 saturated heterocycles. The van der Waals surface area contributed by atoms with E-state index in [0.29, 0.717) is 0 Å². The standard InChI is InChI=1S/C19H34N6/c1-16(25-11-9-23(4)10-12-25)18-5-7-24(8-6-18)15-17-13-20-19(21-14-17)22(2)3/h13-14,16,18H,5-12,15H2,1-4H3/t16-/m1/s1. The fourth-order valence-electron chi connectivity index (χ4n) is 4.04. The van der Waals surface area contributed by atoms with Crippen LogP contribution in [0, 0.1) is 5.92 Å². The summed E-state index contributed by atoms with van der Waals surface area (Å²) in [5, 5.41) is 0. The highest BCUT2D eigenvalue weighted by atomic mass is 15.3. The van der Waals surface area contributed by atoms with Crippen LogP contribution >= 0.6 is 0 Å². The minimum absolute atomic E-state index is 0.721. The van der Waals surface area contributed by atoms with Gasteiger partial charge in [-0.05, 0) is 45.8 Å². The molecule has 6 heteroatoms. The zero-order chi connectivity index (χ0) is 17.8. The summed E-state index contributed by atoms with van der Waals surface area (Å²) >= 11 is 0. The largest absolute Gasteiger partial charge is 0.347 e. The molecule has 2 fully saturated rings. The van der Waals surface area contributed by atoms with Gasteiger partial charge in [0, 0.05) is 70.8 Å². The van der Waals surface area contributed by atoms with Crippen LogP contribution in [0.5, 0.6) is 0 Å². The van der Waals surface area contributed by atoms with E-state index >= 15 is 0 Å². The summed E-state index contributed by atoms with van der Waals surface area (Å²) in [5.74, 6) is 1.62. The second-order valence-electron chi connectivity index (χ2n) is 7.98. The van der Waals surface area contributed by atoms with Crippen molar-refractivity contribution in [1.29, 1.82) is 0 Å². The second kappa shape index (κ2) is 8.43. The SMILES string of the molecule is C[C@H](C1CCN(Cc2cnc(N(C)C)nc2)CC1)N1CCN(C)CC1. The van der Waals surface area contributed by atoms with Gasteiger partial charge in [0.1, 0.15) is 0 Å². The van der Waals surface area contributed by atoms with Crippen molar-refractivity contribution in [2.75, 3.05) is 65.3 Å². The van der Waals surface area contributed by atoms with E-state index in [9.17, 15) is 0 Å². The van der Waals surface area contributed by atoms with E-state index in [-0.39, 0.29) is 0 Å². The van der Waals surface area contributed by atoms with Gasteiger partial charge in [0.05, 0.1) is 0 Å². The first-order valence-corrected chi connectivity index (χ1v) is 9.66. The minimum atomic E-state index is 0.721. The number of anilines is 1. The molecule has 0 aliphatic carbocycles. The van der Waals surface area contributed by atoms with E-state index in [4.69, 9.17) is 0 Å². The summed E-state index contributed by atoms with van der Waals surface area (Å²) in [6.45, 7) is 10.7. The molecule has 140 valence electrons. The Morgan fingerprint density at radius 1 is 1.04 bits per heavy atom. The van der Waals surface area contributed by atoms with Crippen LogP contribution < -0.4 is 4.90 Å². The van der Waals surface area contributed by atoms with Crippen LogP contribution in [0.1, 0.15) is 25.3 Å². The van der Waals surface area contributed by atoms with E-state index in [1.807, 2.05) is 31.4 Å². The summed E-state index contributed by atoms with van der Waals surface area (Å²) in [6.07, 6.45) is 6.57. The lowest BCUT2D eigenvalue weighted by Crippen LogP contribution is -2.51. The van der Waals surface area contributed by atoms with Crippen LogP contribution in [0.2, 0.25) is 0 Å². The number of likely N-dealkylation sites (N-methyl/N-ethyl adjacent to an activating group) is 1. The van der Waals surface area contributed by atoms with Crippen molar-refractivity contribution in [3.63, 3.8) is 0 Å². The van der Waals surface area contributed by atoms with Crippen molar-refractivity contribution < 1.29 is 0 Å². The molecule has 3 rings (SSSR count). The molecule has 0 N–H and O–H groups in total. The number of piperazine rings is 1. The van der Waals surface area contributed by atoms with Crippen LogP contribution in [-0.4, -0.2) is 91.1 Å². The lowest BCUT2D eigenvalue weighted by atomic mass is 9.89. The molecule has 1 aromatic heterocycles. The molecular formula is C19H34N6. The highest BCUT2D eigenvalue weighted by Crippen LogP contribution is 2.25. The van der Waals surface area contributed by atoms with Crippen LogP contribution in [-0.2, 0) is 6.54 Å². The van der Waals surface area contributed by atoms with Crippen molar-refractivity contribution in [2.24, 2.45) is 5.92 Å². The molecule has 3 heterocycles. The quantitative estimate of drug-likeness (QED) is 0.802. The van der Waals surface area contributed by atoms with Crippen LogP contribution in [0.25, 0.3) is 0 Å². The van der Waals surface area contributed by atoms with Crippen LogP contribution in [0.4, 0.5) is 5.95 Å².